The van der Waals surface area contributed by atoms with E-state index in [0.717, 1.165) is 13.0 Å². The van der Waals surface area contributed by atoms with Gasteiger partial charge in [0, 0.05) is 6.61 Å². The highest BCUT2D eigenvalue weighted by Crippen LogP contribution is 2.24. The molecule has 2 atom stereocenters. The van der Waals surface area contributed by atoms with E-state index < -0.39 is 5.60 Å². The van der Waals surface area contributed by atoms with Gasteiger partial charge in [-0.1, -0.05) is 13.8 Å². The minimum atomic E-state index is -0.451. The van der Waals surface area contributed by atoms with E-state index in [9.17, 15) is 4.79 Å². The van der Waals surface area contributed by atoms with Crippen LogP contribution in [0.25, 0.3) is 0 Å². The van der Waals surface area contributed by atoms with Gasteiger partial charge in [0.15, 0.2) is 0 Å². The Balaban J connectivity index is 2.50. The maximum absolute atomic E-state index is 11.7. The van der Waals surface area contributed by atoms with Crippen molar-refractivity contribution in [2.75, 3.05) is 13.2 Å². The molecular weight excluding hydrogens is 218 g/mol. The van der Waals surface area contributed by atoms with E-state index in [1.54, 1.807) is 0 Å². The highest BCUT2D eigenvalue weighted by atomic mass is 16.6. The second-order valence-electron chi connectivity index (χ2n) is 6.02. The Morgan fingerprint density at radius 1 is 1.41 bits per heavy atom. The fraction of sp³-hybridized carbons (Fsp3) is 0.923. The van der Waals surface area contributed by atoms with Crippen LogP contribution in [0.3, 0.4) is 0 Å². The molecule has 1 saturated heterocycles. The van der Waals surface area contributed by atoms with E-state index in [1.165, 1.54) is 0 Å². The Kier molecular flexibility index (Phi) is 4.80. The van der Waals surface area contributed by atoms with Gasteiger partial charge < -0.3 is 14.8 Å². The van der Waals surface area contributed by atoms with Crippen molar-refractivity contribution in [1.29, 1.82) is 0 Å². The molecule has 17 heavy (non-hydrogen) atoms. The lowest BCUT2D eigenvalue weighted by molar-refractivity contribution is 0.00770. The Morgan fingerprint density at radius 2 is 2.06 bits per heavy atom. The lowest BCUT2D eigenvalue weighted by Crippen LogP contribution is -2.49. The molecule has 0 spiro atoms. The summed E-state index contributed by atoms with van der Waals surface area (Å²) in [5.41, 5.74) is -0.451. The molecule has 1 fully saturated rings. The van der Waals surface area contributed by atoms with Crippen LogP contribution in [0.1, 0.15) is 41.0 Å². The normalized spacial score (nSPS) is 25.8. The first kappa shape index (κ1) is 14.3. The summed E-state index contributed by atoms with van der Waals surface area (Å²) in [6.45, 7) is 11.3. The predicted octanol–water partition coefficient (Wildman–Crippen LogP) is 2.57. The molecule has 0 aromatic carbocycles. The van der Waals surface area contributed by atoms with Crippen LogP contribution in [0.5, 0.6) is 0 Å². The first-order valence-electron chi connectivity index (χ1n) is 6.37. The van der Waals surface area contributed by atoms with Crippen molar-refractivity contribution in [3.8, 4) is 0 Å². The Hall–Kier alpha value is -0.770. The summed E-state index contributed by atoms with van der Waals surface area (Å²) in [4.78, 5) is 11.7. The van der Waals surface area contributed by atoms with Crippen molar-refractivity contribution in [3.63, 3.8) is 0 Å². The number of hydrogen-bond donors (Lipinski definition) is 1. The van der Waals surface area contributed by atoms with Gasteiger partial charge in [0.25, 0.3) is 0 Å². The SMILES string of the molecule is CC(C)C1CCOCC1NC(=O)OC(C)(C)C. The lowest BCUT2D eigenvalue weighted by Gasteiger charge is -2.35. The number of hydrogen-bond acceptors (Lipinski definition) is 3. The zero-order chi connectivity index (χ0) is 13.1. The number of amides is 1. The molecule has 0 radical (unpaired) electrons. The summed E-state index contributed by atoms with van der Waals surface area (Å²) in [5.74, 6) is 1.01. The van der Waals surface area contributed by atoms with Crippen LogP contribution in [0.4, 0.5) is 4.79 Å². The van der Waals surface area contributed by atoms with Gasteiger partial charge in [-0.25, -0.2) is 4.79 Å². The predicted molar refractivity (Wildman–Crippen MR) is 66.9 cm³/mol. The van der Waals surface area contributed by atoms with E-state index in [1.807, 2.05) is 20.8 Å². The maximum atomic E-state index is 11.7. The van der Waals surface area contributed by atoms with Gasteiger partial charge in [-0.3, -0.25) is 0 Å². The third-order valence-electron chi connectivity index (χ3n) is 2.97. The zero-order valence-electron chi connectivity index (χ0n) is 11.6. The Morgan fingerprint density at radius 3 is 2.59 bits per heavy atom. The lowest BCUT2D eigenvalue weighted by atomic mass is 9.85. The van der Waals surface area contributed by atoms with E-state index in [-0.39, 0.29) is 12.1 Å². The van der Waals surface area contributed by atoms with Crippen molar-refractivity contribution in [1.82, 2.24) is 5.32 Å². The smallest absolute Gasteiger partial charge is 0.407 e. The number of carbonyl (C=O) groups excluding carboxylic acids is 1. The second kappa shape index (κ2) is 5.71. The minimum absolute atomic E-state index is 0.0681. The van der Waals surface area contributed by atoms with Crippen molar-refractivity contribution in [2.24, 2.45) is 11.8 Å². The summed E-state index contributed by atoms with van der Waals surface area (Å²) in [6.07, 6.45) is 0.650. The summed E-state index contributed by atoms with van der Waals surface area (Å²) in [6, 6.07) is 0.0681. The molecule has 100 valence electrons. The van der Waals surface area contributed by atoms with Gasteiger partial charge in [-0.2, -0.15) is 0 Å². The number of rotatable bonds is 2. The Labute approximate surface area is 104 Å². The highest BCUT2D eigenvalue weighted by Gasteiger charge is 2.30. The summed E-state index contributed by atoms with van der Waals surface area (Å²) < 4.78 is 10.7. The molecule has 4 heteroatoms. The molecule has 0 aromatic rings. The van der Waals surface area contributed by atoms with Crippen molar-refractivity contribution in [3.05, 3.63) is 0 Å². The van der Waals surface area contributed by atoms with E-state index in [2.05, 4.69) is 19.2 Å². The molecule has 1 heterocycles. The highest BCUT2D eigenvalue weighted by molar-refractivity contribution is 5.68. The monoisotopic (exact) mass is 243 g/mol. The molecule has 0 saturated carbocycles. The topological polar surface area (TPSA) is 47.6 Å². The van der Waals surface area contributed by atoms with Gasteiger partial charge in [0.05, 0.1) is 12.6 Å². The zero-order valence-corrected chi connectivity index (χ0v) is 11.6. The first-order chi connectivity index (χ1) is 7.79. The summed E-state index contributed by atoms with van der Waals surface area (Å²) in [7, 11) is 0. The third-order valence-corrected chi connectivity index (χ3v) is 2.97. The summed E-state index contributed by atoms with van der Waals surface area (Å²) in [5, 5.41) is 2.92. The minimum Gasteiger partial charge on any atom is -0.444 e. The third kappa shape index (κ3) is 4.94. The van der Waals surface area contributed by atoms with E-state index >= 15 is 0 Å². The van der Waals surface area contributed by atoms with Crippen LogP contribution in [0.2, 0.25) is 0 Å². The van der Waals surface area contributed by atoms with Crippen LogP contribution >= 0.6 is 0 Å². The first-order valence-corrected chi connectivity index (χ1v) is 6.37. The fourth-order valence-corrected chi connectivity index (χ4v) is 2.16. The molecule has 1 aliphatic heterocycles. The largest absolute Gasteiger partial charge is 0.444 e. The van der Waals surface area contributed by atoms with Crippen molar-refractivity contribution in [2.45, 2.75) is 52.7 Å². The standard InChI is InChI=1S/C13H25NO3/c1-9(2)10-6-7-16-8-11(10)14-12(15)17-13(3,4)5/h9-11H,6-8H2,1-5H3,(H,14,15). The molecule has 0 bridgehead atoms. The molecule has 1 N–H and O–H groups in total. The van der Waals surface area contributed by atoms with Crippen LogP contribution in [-0.4, -0.2) is 30.9 Å². The van der Waals surface area contributed by atoms with Gasteiger partial charge in [-0.15, -0.1) is 0 Å². The summed E-state index contributed by atoms with van der Waals surface area (Å²) >= 11 is 0. The van der Waals surface area contributed by atoms with Crippen LogP contribution in [0, 0.1) is 11.8 Å². The molecule has 1 amide bonds. The molecule has 1 rings (SSSR count). The molecule has 2 unspecified atom stereocenters. The maximum Gasteiger partial charge on any atom is 0.407 e. The number of carbonyl (C=O) groups is 1. The van der Waals surface area contributed by atoms with Crippen LogP contribution < -0.4 is 5.32 Å². The molecule has 1 aliphatic rings. The van der Waals surface area contributed by atoms with Crippen LogP contribution in [-0.2, 0) is 9.47 Å². The average Bonchev–Trinajstić information content (AvgIpc) is 2.14. The Bertz CT molecular complexity index is 258. The quantitative estimate of drug-likeness (QED) is 0.811. The van der Waals surface area contributed by atoms with Gasteiger partial charge in [0.1, 0.15) is 5.60 Å². The van der Waals surface area contributed by atoms with Gasteiger partial charge in [-0.05, 0) is 39.0 Å². The van der Waals surface area contributed by atoms with E-state index in [0.29, 0.717) is 18.4 Å². The van der Waals surface area contributed by atoms with Crippen molar-refractivity contribution >= 4 is 6.09 Å². The number of ether oxygens (including phenoxy) is 2. The van der Waals surface area contributed by atoms with Gasteiger partial charge in [0.2, 0.25) is 0 Å². The number of alkyl carbamates (subject to hydrolysis) is 1. The fourth-order valence-electron chi connectivity index (χ4n) is 2.16. The molecule has 0 aromatic heterocycles. The van der Waals surface area contributed by atoms with E-state index in [4.69, 9.17) is 9.47 Å². The van der Waals surface area contributed by atoms with Crippen molar-refractivity contribution < 1.29 is 14.3 Å². The second-order valence-corrected chi connectivity index (χ2v) is 6.02. The molecule has 0 aliphatic carbocycles. The number of nitrogens with one attached hydrogen (secondary N) is 1. The van der Waals surface area contributed by atoms with Crippen LogP contribution in [0.15, 0.2) is 0 Å². The average molecular weight is 243 g/mol. The van der Waals surface area contributed by atoms with Gasteiger partial charge >= 0.3 is 6.09 Å². The molecular formula is C13H25NO3. The molecule has 4 nitrogen and oxygen atoms in total.